The molecule has 1 fully saturated rings. The van der Waals surface area contributed by atoms with Crippen molar-refractivity contribution >= 4 is 11.6 Å². The molecule has 2 aliphatic heterocycles. The van der Waals surface area contributed by atoms with Gasteiger partial charge in [-0.25, -0.2) is 4.68 Å². The van der Waals surface area contributed by atoms with Crippen LogP contribution in [-0.2, 0) is 17.7 Å². The van der Waals surface area contributed by atoms with Crippen LogP contribution in [0.1, 0.15) is 35.3 Å². The van der Waals surface area contributed by atoms with Crippen LogP contribution in [0, 0.1) is 0 Å². The maximum Gasteiger partial charge on any atom is 0.273 e. The number of hydrogen-bond donors (Lipinski definition) is 1. The van der Waals surface area contributed by atoms with Crippen LogP contribution in [0.4, 0.5) is 5.69 Å². The number of benzene rings is 1. The van der Waals surface area contributed by atoms with Crippen LogP contribution >= 0.6 is 0 Å². The molecule has 0 aliphatic carbocycles. The average Bonchev–Trinajstić information content (AvgIpc) is 3.34. The number of ether oxygens (including phenoxy) is 1. The summed E-state index contributed by atoms with van der Waals surface area (Å²) in [7, 11) is 0. The first-order valence-corrected chi connectivity index (χ1v) is 9.42. The van der Waals surface area contributed by atoms with Crippen LogP contribution in [0.5, 0.6) is 0 Å². The molecule has 1 N–H and O–H groups in total. The minimum Gasteiger partial charge on any atom is -0.376 e. The van der Waals surface area contributed by atoms with E-state index < -0.39 is 0 Å². The second-order valence-electron chi connectivity index (χ2n) is 6.94. The highest BCUT2D eigenvalue weighted by Crippen LogP contribution is 2.25. The van der Waals surface area contributed by atoms with Crippen molar-refractivity contribution in [2.45, 2.75) is 38.3 Å². The number of amides is 1. The Bertz CT molecular complexity index is 754. The third kappa shape index (κ3) is 3.88. The van der Waals surface area contributed by atoms with Crippen molar-refractivity contribution in [1.29, 1.82) is 0 Å². The second-order valence-corrected chi connectivity index (χ2v) is 6.94. The largest absolute Gasteiger partial charge is 0.376 e. The third-order valence-electron chi connectivity index (χ3n) is 5.06. The lowest BCUT2D eigenvalue weighted by atomic mass is 10.0. The van der Waals surface area contributed by atoms with Gasteiger partial charge < -0.3 is 15.0 Å². The molecule has 26 heavy (non-hydrogen) atoms. The number of fused-ring (bicyclic) bond motifs is 1. The fourth-order valence-corrected chi connectivity index (χ4v) is 3.73. The van der Waals surface area contributed by atoms with Crippen LogP contribution in [0.2, 0.25) is 0 Å². The Morgan fingerprint density at radius 1 is 1.31 bits per heavy atom. The van der Waals surface area contributed by atoms with Crippen LogP contribution in [0.25, 0.3) is 0 Å². The number of carbonyl (C=O) groups is 1. The van der Waals surface area contributed by atoms with Crippen molar-refractivity contribution in [1.82, 2.24) is 20.3 Å². The first kappa shape index (κ1) is 17.0. The molecule has 1 atom stereocenters. The average molecular weight is 355 g/mol. The van der Waals surface area contributed by atoms with Gasteiger partial charge in [0.15, 0.2) is 5.69 Å². The first-order chi connectivity index (χ1) is 12.8. The standard InChI is InChI=1S/C19H25N5O2/c25-19(17-14-24(22-21-17)13-16-7-4-12-26-16)20-9-11-23-10-3-6-15-5-1-2-8-18(15)23/h1-2,5,8,14,16H,3-4,6-7,9-13H2,(H,20,25). The van der Waals surface area contributed by atoms with E-state index in [1.807, 2.05) is 0 Å². The first-order valence-electron chi connectivity index (χ1n) is 9.42. The fourth-order valence-electron chi connectivity index (χ4n) is 3.73. The van der Waals surface area contributed by atoms with Crippen molar-refractivity contribution in [2.24, 2.45) is 0 Å². The van der Waals surface area contributed by atoms with Crippen LogP contribution in [0.15, 0.2) is 30.5 Å². The molecule has 1 saturated heterocycles. The Labute approximate surface area is 153 Å². The van der Waals surface area contributed by atoms with Gasteiger partial charge in [-0.05, 0) is 37.3 Å². The number of nitrogens with zero attached hydrogens (tertiary/aromatic N) is 4. The van der Waals surface area contributed by atoms with Crippen LogP contribution < -0.4 is 10.2 Å². The predicted molar refractivity (Wildman–Crippen MR) is 98.3 cm³/mol. The molecule has 2 aliphatic rings. The van der Waals surface area contributed by atoms with Gasteiger partial charge >= 0.3 is 0 Å². The minimum atomic E-state index is -0.172. The molecule has 0 saturated carbocycles. The van der Waals surface area contributed by atoms with Crippen molar-refractivity contribution in [3.63, 3.8) is 0 Å². The summed E-state index contributed by atoms with van der Waals surface area (Å²) in [5.41, 5.74) is 3.04. The molecule has 138 valence electrons. The van der Waals surface area contributed by atoms with Gasteiger partial charge in [-0.3, -0.25) is 4.79 Å². The summed E-state index contributed by atoms with van der Waals surface area (Å²) in [5, 5.41) is 11.0. The highest BCUT2D eigenvalue weighted by atomic mass is 16.5. The summed E-state index contributed by atoms with van der Waals surface area (Å²) in [5.74, 6) is -0.172. The Balaban J connectivity index is 1.27. The van der Waals surface area contributed by atoms with E-state index in [4.69, 9.17) is 4.74 Å². The second kappa shape index (κ2) is 7.86. The summed E-state index contributed by atoms with van der Waals surface area (Å²) in [4.78, 5) is 14.6. The Morgan fingerprint density at radius 3 is 3.12 bits per heavy atom. The monoisotopic (exact) mass is 355 g/mol. The van der Waals surface area contributed by atoms with E-state index in [0.717, 1.165) is 45.4 Å². The SMILES string of the molecule is O=C(NCCN1CCCc2ccccc21)c1cn(CC2CCCO2)nn1. The molecule has 0 bridgehead atoms. The topological polar surface area (TPSA) is 72.3 Å². The lowest BCUT2D eigenvalue weighted by Crippen LogP contribution is -2.37. The molecule has 1 amide bonds. The van der Waals surface area contributed by atoms with Gasteiger partial charge in [0.05, 0.1) is 18.8 Å². The summed E-state index contributed by atoms with van der Waals surface area (Å²) >= 11 is 0. The zero-order valence-corrected chi connectivity index (χ0v) is 14.9. The molecule has 3 heterocycles. The molecule has 7 nitrogen and oxygen atoms in total. The quantitative estimate of drug-likeness (QED) is 0.853. The van der Waals surface area contributed by atoms with E-state index in [-0.39, 0.29) is 12.0 Å². The van der Waals surface area contributed by atoms with Gasteiger partial charge in [0, 0.05) is 31.9 Å². The number of rotatable bonds is 6. The number of nitrogens with one attached hydrogen (secondary N) is 1. The molecule has 0 spiro atoms. The number of hydrogen-bond acceptors (Lipinski definition) is 5. The van der Waals surface area contributed by atoms with E-state index in [2.05, 4.69) is 44.8 Å². The van der Waals surface area contributed by atoms with Gasteiger partial charge in [0.1, 0.15) is 0 Å². The summed E-state index contributed by atoms with van der Waals surface area (Å²) in [6, 6.07) is 8.51. The molecular weight excluding hydrogens is 330 g/mol. The van der Waals surface area contributed by atoms with E-state index in [9.17, 15) is 4.79 Å². The van der Waals surface area contributed by atoms with Crippen LogP contribution in [0.3, 0.4) is 0 Å². The van der Waals surface area contributed by atoms with Crippen molar-refractivity contribution in [3.05, 3.63) is 41.7 Å². The van der Waals surface area contributed by atoms with Gasteiger partial charge in [0.25, 0.3) is 5.91 Å². The van der Waals surface area contributed by atoms with E-state index >= 15 is 0 Å². The van der Waals surface area contributed by atoms with E-state index in [1.165, 1.54) is 11.3 Å². The van der Waals surface area contributed by atoms with Gasteiger partial charge in [-0.2, -0.15) is 0 Å². The molecular formula is C19H25N5O2. The van der Waals surface area contributed by atoms with Gasteiger partial charge in [-0.1, -0.05) is 23.4 Å². The molecule has 1 aromatic carbocycles. The number of para-hydroxylation sites is 1. The normalized spacial score (nSPS) is 19.4. The van der Waals surface area contributed by atoms with Gasteiger partial charge in [0.2, 0.25) is 0 Å². The molecule has 1 aromatic heterocycles. The summed E-state index contributed by atoms with van der Waals surface area (Å²) in [6.07, 6.45) is 6.31. The molecule has 2 aromatic rings. The molecule has 4 rings (SSSR count). The maximum atomic E-state index is 12.3. The zero-order valence-electron chi connectivity index (χ0n) is 14.9. The summed E-state index contributed by atoms with van der Waals surface area (Å²) in [6.45, 7) is 3.89. The van der Waals surface area contributed by atoms with Crippen molar-refractivity contribution in [3.8, 4) is 0 Å². The Kier molecular flexibility index (Phi) is 5.15. The number of anilines is 1. The van der Waals surface area contributed by atoms with Crippen molar-refractivity contribution in [2.75, 3.05) is 31.1 Å². The molecule has 7 heteroatoms. The third-order valence-corrected chi connectivity index (χ3v) is 5.06. The highest BCUT2D eigenvalue weighted by Gasteiger charge is 2.19. The summed E-state index contributed by atoms with van der Waals surface area (Å²) < 4.78 is 7.29. The number of aryl methyl sites for hydroxylation is 1. The Morgan fingerprint density at radius 2 is 2.23 bits per heavy atom. The smallest absolute Gasteiger partial charge is 0.273 e. The van der Waals surface area contributed by atoms with E-state index in [1.54, 1.807) is 10.9 Å². The van der Waals surface area contributed by atoms with Gasteiger partial charge in [-0.15, -0.1) is 5.10 Å². The lowest BCUT2D eigenvalue weighted by molar-refractivity contribution is 0.0930. The fraction of sp³-hybridized carbons (Fsp3) is 0.526. The molecule has 0 radical (unpaired) electrons. The van der Waals surface area contributed by atoms with Crippen molar-refractivity contribution < 1.29 is 9.53 Å². The maximum absolute atomic E-state index is 12.3. The zero-order chi connectivity index (χ0) is 17.8. The minimum absolute atomic E-state index is 0.172. The molecule has 1 unspecified atom stereocenters. The highest BCUT2D eigenvalue weighted by molar-refractivity contribution is 5.91. The number of carbonyl (C=O) groups excluding carboxylic acids is 1. The van der Waals surface area contributed by atoms with E-state index in [0.29, 0.717) is 18.8 Å². The van der Waals surface area contributed by atoms with Crippen LogP contribution in [-0.4, -0.2) is 53.2 Å². The predicted octanol–water partition coefficient (Wildman–Crippen LogP) is 1.64. The number of aromatic nitrogens is 3. The Hall–Kier alpha value is -2.41. The lowest BCUT2D eigenvalue weighted by Gasteiger charge is -2.31.